The Morgan fingerprint density at radius 2 is 2.10 bits per heavy atom. The Kier molecular flexibility index (Phi) is 4.53. The molecule has 5 heteroatoms. The molecule has 0 saturated carbocycles. The van der Waals surface area contributed by atoms with Crippen LogP contribution in [-0.2, 0) is 14.9 Å². The van der Waals surface area contributed by atoms with Crippen LogP contribution in [0.2, 0.25) is 0 Å². The van der Waals surface area contributed by atoms with Crippen LogP contribution in [0.5, 0.6) is 5.75 Å². The zero-order chi connectivity index (χ0) is 15.5. The number of aromatic amines is 1. The molecule has 0 aliphatic carbocycles. The number of nitrogens with one attached hydrogen (secondary N) is 2. The number of benzene rings is 1. The molecule has 5 nitrogen and oxygen atoms in total. The minimum Gasteiger partial charge on any atom is -0.497 e. The van der Waals surface area contributed by atoms with E-state index < -0.39 is 5.41 Å². The van der Waals surface area contributed by atoms with Crippen molar-refractivity contribution in [3.05, 3.63) is 30.0 Å². The summed E-state index contributed by atoms with van der Waals surface area (Å²) >= 11 is 0. The average molecular weight is 290 g/mol. The van der Waals surface area contributed by atoms with Crippen LogP contribution in [0, 0.1) is 0 Å². The highest BCUT2D eigenvalue weighted by Gasteiger charge is 2.32. The lowest BCUT2D eigenvalue weighted by atomic mass is 9.83. The number of hydrogen-bond acceptors (Lipinski definition) is 3. The number of amides is 1. The molecule has 1 heterocycles. The van der Waals surface area contributed by atoms with Gasteiger partial charge in [0, 0.05) is 30.8 Å². The summed E-state index contributed by atoms with van der Waals surface area (Å²) in [5.74, 6) is 0.752. The third-order valence-electron chi connectivity index (χ3n) is 3.72. The van der Waals surface area contributed by atoms with Gasteiger partial charge in [-0.25, -0.2) is 0 Å². The summed E-state index contributed by atoms with van der Waals surface area (Å²) in [6.45, 7) is 4.84. The first kappa shape index (κ1) is 15.4. The lowest BCUT2D eigenvalue weighted by Crippen LogP contribution is -2.41. The van der Waals surface area contributed by atoms with Gasteiger partial charge in [-0.05, 0) is 37.6 Å². The fraction of sp³-hybridized carbons (Fsp3) is 0.438. The second kappa shape index (κ2) is 6.18. The van der Waals surface area contributed by atoms with E-state index in [0.29, 0.717) is 13.2 Å². The number of aromatic nitrogens is 1. The van der Waals surface area contributed by atoms with Gasteiger partial charge in [0.2, 0.25) is 5.91 Å². The molecule has 0 fully saturated rings. The predicted molar refractivity (Wildman–Crippen MR) is 82.8 cm³/mol. The van der Waals surface area contributed by atoms with E-state index >= 15 is 0 Å². The summed E-state index contributed by atoms with van der Waals surface area (Å²) in [6.07, 6.45) is 1.89. The number of fused-ring (bicyclic) bond motifs is 1. The van der Waals surface area contributed by atoms with Gasteiger partial charge < -0.3 is 19.8 Å². The van der Waals surface area contributed by atoms with Crippen LogP contribution in [0.1, 0.15) is 19.4 Å². The molecule has 0 saturated heterocycles. The van der Waals surface area contributed by atoms with Gasteiger partial charge in [0.25, 0.3) is 0 Å². The number of carbonyl (C=O) groups excluding carboxylic acids is 1. The summed E-state index contributed by atoms with van der Waals surface area (Å²) in [5.41, 5.74) is 1.30. The van der Waals surface area contributed by atoms with E-state index in [2.05, 4.69) is 10.3 Å². The van der Waals surface area contributed by atoms with Gasteiger partial charge in [0.05, 0.1) is 19.1 Å². The summed E-state index contributed by atoms with van der Waals surface area (Å²) < 4.78 is 10.2. The first-order valence-corrected chi connectivity index (χ1v) is 6.93. The zero-order valence-electron chi connectivity index (χ0n) is 12.9. The molecule has 2 rings (SSSR count). The maximum atomic E-state index is 12.4. The number of hydrogen-bond donors (Lipinski definition) is 2. The van der Waals surface area contributed by atoms with Crippen LogP contribution in [-0.4, -0.2) is 38.3 Å². The Labute approximate surface area is 124 Å². The van der Waals surface area contributed by atoms with Gasteiger partial charge in [-0.2, -0.15) is 0 Å². The Morgan fingerprint density at radius 3 is 2.76 bits per heavy atom. The van der Waals surface area contributed by atoms with Gasteiger partial charge >= 0.3 is 0 Å². The Bertz CT molecular complexity index is 631. The molecule has 0 unspecified atom stereocenters. The van der Waals surface area contributed by atoms with Crippen molar-refractivity contribution in [2.24, 2.45) is 0 Å². The topological polar surface area (TPSA) is 63.3 Å². The van der Waals surface area contributed by atoms with Crippen molar-refractivity contribution < 1.29 is 14.3 Å². The summed E-state index contributed by atoms with van der Waals surface area (Å²) in [7, 11) is 3.25. The first-order valence-electron chi connectivity index (χ1n) is 6.93. The summed E-state index contributed by atoms with van der Waals surface area (Å²) in [6, 6.07) is 5.80. The third-order valence-corrected chi connectivity index (χ3v) is 3.72. The second-order valence-corrected chi connectivity index (χ2v) is 5.49. The van der Waals surface area contributed by atoms with Crippen molar-refractivity contribution in [2.75, 3.05) is 27.4 Å². The second-order valence-electron chi connectivity index (χ2n) is 5.49. The average Bonchev–Trinajstić information content (AvgIpc) is 2.90. The largest absolute Gasteiger partial charge is 0.497 e. The van der Waals surface area contributed by atoms with E-state index in [4.69, 9.17) is 9.47 Å². The Hall–Kier alpha value is -2.01. The zero-order valence-corrected chi connectivity index (χ0v) is 12.9. The van der Waals surface area contributed by atoms with Crippen LogP contribution < -0.4 is 10.1 Å². The molecule has 21 heavy (non-hydrogen) atoms. The molecule has 0 aliphatic rings. The fourth-order valence-corrected chi connectivity index (χ4v) is 2.35. The number of ether oxygens (including phenoxy) is 2. The molecule has 0 aliphatic heterocycles. The molecule has 2 N–H and O–H groups in total. The van der Waals surface area contributed by atoms with E-state index in [1.165, 1.54) is 0 Å². The van der Waals surface area contributed by atoms with Gasteiger partial charge in [0.1, 0.15) is 5.75 Å². The molecule has 0 bridgehead atoms. The van der Waals surface area contributed by atoms with E-state index in [0.717, 1.165) is 22.2 Å². The lowest BCUT2D eigenvalue weighted by Gasteiger charge is -2.23. The first-order chi connectivity index (χ1) is 10.0. The van der Waals surface area contributed by atoms with Crippen LogP contribution >= 0.6 is 0 Å². The van der Waals surface area contributed by atoms with Crippen molar-refractivity contribution in [1.29, 1.82) is 0 Å². The van der Waals surface area contributed by atoms with Gasteiger partial charge in [-0.1, -0.05) is 0 Å². The number of methoxy groups -OCH3 is 2. The molecule has 114 valence electrons. The molecule has 0 atom stereocenters. The van der Waals surface area contributed by atoms with Crippen LogP contribution in [0.3, 0.4) is 0 Å². The minimum absolute atomic E-state index is 0.0248. The predicted octanol–water partition coefficient (Wildman–Crippen LogP) is 2.22. The monoisotopic (exact) mass is 290 g/mol. The summed E-state index contributed by atoms with van der Waals surface area (Å²) in [4.78, 5) is 15.6. The maximum Gasteiger partial charge on any atom is 0.230 e. The standard InChI is InChI=1S/C16H22N2O3/c1-16(2,15(19)17-7-8-20-3)13-10-18-14-6-5-11(21-4)9-12(13)14/h5-6,9-10,18H,7-8H2,1-4H3,(H,17,19). The Balaban J connectivity index is 2.32. The third kappa shape index (κ3) is 3.03. The van der Waals surface area contributed by atoms with Crippen molar-refractivity contribution in [3.63, 3.8) is 0 Å². The van der Waals surface area contributed by atoms with Crippen LogP contribution in [0.4, 0.5) is 0 Å². The minimum atomic E-state index is -0.641. The van der Waals surface area contributed by atoms with E-state index in [1.54, 1.807) is 14.2 Å². The van der Waals surface area contributed by atoms with Crippen molar-refractivity contribution >= 4 is 16.8 Å². The highest BCUT2D eigenvalue weighted by Crippen LogP contribution is 2.32. The van der Waals surface area contributed by atoms with Gasteiger partial charge in [0.15, 0.2) is 0 Å². The van der Waals surface area contributed by atoms with Crippen LogP contribution in [0.15, 0.2) is 24.4 Å². The van der Waals surface area contributed by atoms with E-state index in [-0.39, 0.29) is 5.91 Å². The van der Waals surface area contributed by atoms with Gasteiger partial charge in [-0.15, -0.1) is 0 Å². The number of H-pyrrole nitrogens is 1. The molecule has 1 amide bonds. The molecule has 0 spiro atoms. The van der Waals surface area contributed by atoms with Crippen molar-refractivity contribution in [2.45, 2.75) is 19.3 Å². The highest BCUT2D eigenvalue weighted by molar-refractivity contribution is 5.95. The normalized spacial score (nSPS) is 11.6. The maximum absolute atomic E-state index is 12.4. The fourth-order valence-electron chi connectivity index (χ4n) is 2.35. The Morgan fingerprint density at radius 1 is 1.33 bits per heavy atom. The highest BCUT2D eigenvalue weighted by atomic mass is 16.5. The SMILES string of the molecule is COCCNC(=O)C(C)(C)c1c[nH]c2ccc(OC)cc12. The molecular formula is C16H22N2O3. The summed E-state index contributed by atoms with van der Waals surface area (Å²) in [5, 5.41) is 3.90. The van der Waals surface area contributed by atoms with Crippen molar-refractivity contribution in [1.82, 2.24) is 10.3 Å². The molecule has 2 aromatic rings. The quantitative estimate of drug-likeness (QED) is 0.802. The number of rotatable bonds is 6. The molecule has 1 aromatic carbocycles. The lowest BCUT2D eigenvalue weighted by molar-refractivity contribution is -0.125. The molecule has 0 radical (unpaired) electrons. The van der Waals surface area contributed by atoms with E-state index in [9.17, 15) is 4.79 Å². The van der Waals surface area contributed by atoms with Crippen LogP contribution in [0.25, 0.3) is 10.9 Å². The molecular weight excluding hydrogens is 268 g/mol. The molecule has 1 aromatic heterocycles. The van der Waals surface area contributed by atoms with Crippen molar-refractivity contribution in [3.8, 4) is 5.75 Å². The van der Waals surface area contributed by atoms with E-state index in [1.807, 2.05) is 38.2 Å². The number of carbonyl (C=O) groups is 1. The smallest absolute Gasteiger partial charge is 0.230 e. The van der Waals surface area contributed by atoms with Gasteiger partial charge in [-0.3, -0.25) is 4.79 Å².